The third-order valence-electron chi connectivity index (χ3n) is 7.35. The van der Waals surface area contributed by atoms with Crippen molar-refractivity contribution in [2.24, 2.45) is 0 Å². The Bertz CT molecular complexity index is 1470. The standard InChI is InChI=1S/C31H33N3O6/c1-19-12-20(14-22(13-19)33(2)11-7-10-29(35)39-4)18-40-28-17-24-23(16-27(28)38-3)31(37)34-25-9-6-5-8-21(25)15-26(34)30(36)32-24/h5-6,8-9,12-14,16-17,26H,7,10-11,15,18H2,1-4H3,(H,32,36)/t26-/m0/s1. The molecule has 9 heteroatoms. The van der Waals surface area contributed by atoms with E-state index in [-0.39, 0.29) is 24.4 Å². The van der Waals surface area contributed by atoms with Gasteiger partial charge in [0.1, 0.15) is 12.6 Å². The number of aryl methyl sites for hydroxylation is 1. The lowest BCUT2D eigenvalue weighted by molar-refractivity contribution is -0.140. The highest BCUT2D eigenvalue weighted by atomic mass is 16.5. The van der Waals surface area contributed by atoms with Gasteiger partial charge in [0.05, 0.1) is 25.5 Å². The number of hydrogen-bond acceptors (Lipinski definition) is 7. The fourth-order valence-corrected chi connectivity index (χ4v) is 5.30. The summed E-state index contributed by atoms with van der Waals surface area (Å²) in [6.45, 7) is 2.97. The van der Waals surface area contributed by atoms with Crippen molar-refractivity contribution in [3.8, 4) is 11.5 Å². The van der Waals surface area contributed by atoms with Gasteiger partial charge < -0.3 is 24.4 Å². The molecule has 2 aliphatic heterocycles. The molecule has 2 amide bonds. The molecule has 0 saturated heterocycles. The molecular weight excluding hydrogens is 510 g/mol. The molecule has 0 aliphatic carbocycles. The molecule has 208 valence electrons. The summed E-state index contributed by atoms with van der Waals surface area (Å²) in [5.41, 5.74) is 5.50. The van der Waals surface area contributed by atoms with E-state index in [9.17, 15) is 14.4 Å². The average molecular weight is 544 g/mol. The van der Waals surface area contributed by atoms with Gasteiger partial charge in [-0.05, 0) is 54.3 Å². The van der Waals surface area contributed by atoms with Gasteiger partial charge >= 0.3 is 5.97 Å². The predicted molar refractivity (Wildman–Crippen MR) is 152 cm³/mol. The van der Waals surface area contributed by atoms with Gasteiger partial charge in [-0.1, -0.05) is 24.3 Å². The zero-order valence-corrected chi connectivity index (χ0v) is 23.2. The van der Waals surface area contributed by atoms with Gasteiger partial charge in [0.25, 0.3) is 5.91 Å². The van der Waals surface area contributed by atoms with Gasteiger partial charge in [0.2, 0.25) is 5.91 Å². The van der Waals surface area contributed by atoms with E-state index in [0.29, 0.717) is 48.6 Å². The molecule has 2 aliphatic rings. The molecule has 0 aromatic heterocycles. The topological polar surface area (TPSA) is 97.4 Å². The Labute approximate surface area is 233 Å². The Hall–Kier alpha value is -4.53. The third kappa shape index (κ3) is 5.32. The second-order valence-electron chi connectivity index (χ2n) is 10.1. The highest BCUT2D eigenvalue weighted by molar-refractivity contribution is 6.19. The molecule has 40 heavy (non-hydrogen) atoms. The second kappa shape index (κ2) is 11.3. The number of amides is 2. The van der Waals surface area contributed by atoms with Crippen LogP contribution in [-0.2, 0) is 27.4 Å². The smallest absolute Gasteiger partial charge is 0.305 e. The van der Waals surface area contributed by atoms with E-state index >= 15 is 0 Å². The number of esters is 1. The van der Waals surface area contributed by atoms with Crippen molar-refractivity contribution in [2.45, 2.75) is 38.8 Å². The number of ether oxygens (including phenoxy) is 3. The molecule has 3 aromatic carbocycles. The Morgan fingerprint density at radius 1 is 1.07 bits per heavy atom. The van der Waals surface area contributed by atoms with Gasteiger partial charge in [-0.3, -0.25) is 19.3 Å². The van der Waals surface area contributed by atoms with E-state index in [4.69, 9.17) is 14.2 Å². The fraction of sp³-hybridized carbons (Fsp3) is 0.323. The molecule has 2 heterocycles. The minimum Gasteiger partial charge on any atom is -0.493 e. The first-order valence-electron chi connectivity index (χ1n) is 13.2. The van der Waals surface area contributed by atoms with Crippen LogP contribution in [0.5, 0.6) is 11.5 Å². The third-order valence-corrected chi connectivity index (χ3v) is 7.35. The normalized spacial score (nSPS) is 15.4. The van der Waals surface area contributed by atoms with Crippen LogP contribution in [0.1, 0.15) is 39.9 Å². The van der Waals surface area contributed by atoms with Gasteiger partial charge in [-0.25, -0.2) is 0 Å². The van der Waals surface area contributed by atoms with Gasteiger partial charge in [-0.15, -0.1) is 0 Å². The number of methoxy groups -OCH3 is 2. The molecular formula is C31H33N3O6. The molecule has 0 bridgehead atoms. The van der Waals surface area contributed by atoms with Crippen molar-refractivity contribution >= 4 is 34.8 Å². The predicted octanol–water partition coefficient (Wildman–Crippen LogP) is 4.50. The SMILES string of the molecule is COC(=O)CCCN(C)c1cc(C)cc(COc2cc3c(cc2OC)C(=O)N2c4ccccc4C[C@H]2C(=O)N3)c1. The molecule has 0 fully saturated rings. The quantitative estimate of drug-likeness (QED) is 0.397. The number of anilines is 3. The van der Waals surface area contributed by atoms with Crippen LogP contribution in [0.2, 0.25) is 0 Å². The molecule has 9 nitrogen and oxygen atoms in total. The first-order valence-corrected chi connectivity index (χ1v) is 13.2. The van der Waals surface area contributed by atoms with Crippen molar-refractivity contribution < 1.29 is 28.6 Å². The minimum absolute atomic E-state index is 0.218. The number of nitrogens with one attached hydrogen (secondary N) is 1. The Kier molecular flexibility index (Phi) is 7.64. The molecule has 5 rings (SSSR count). The first-order chi connectivity index (χ1) is 19.3. The fourth-order valence-electron chi connectivity index (χ4n) is 5.30. The van der Waals surface area contributed by atoms with Crippen LogP contribution in [0.4, 0.5) is 17.1 Å². The van der Waals surface area contributed by atoms with E-state index in [1.165, 1.54) is 14.2 Å². The van der Waals surface area contributed by atoms with E-state index in [2.05, 4.69) is 16.3 Å². The van der Waals surface area contributed by atoms with Gasteiger partial charge in [-0.2, -0.15) is 0 Å². The van der Waals surface area contributed by atoms with Gasteiger partial charge in [0.15, 0.2) is 11.5 Å². The van der Waals surface area contributed by atoms with Crippen molar-refractivity contribution in [3.05, 3.63) is 76.9 Å². The highest BCUT2D eigenvalue weighted by Gasteiger charge is 2.42. The van der Waals surface area contributed by atoms with Crippen LogP contribution in [0.25, 0.3) is 0 Å². The van der Waals surface area contributed by atoms with Crippen LogP contribution < -0.4 is 24.6 Å². The van der Waals surface area contributed by atoms with Crippen molar-refractivity contribution in [2.75, 3.05) is 42.9 Å². The summed E-state index contributed by atoms with van der Waals surface area (Å²) in [6, 6.07) is 16.4. The first kappa shape index (κ1) is 27.1. The maximum atomic E-state index is 13.7. The number of carbonyl (C=O) groups excluding carboxylic acids is 3. The molecule has 3 aromatic rings. The largest absolute Gasteiger partial charge is 0.493 e. The number of rotatable bonds is 9. The molecule has 1 N–H and O–H groups in total. The summed E-state index contributed by atoms with van der Waals surface area (Å²) in [5, 5.41) is 2.94. The number of carbonyl (C=O) groups is 3. The molecule has 1 atom stereocenters. The zero-order valence-electron chi connectivity index (χ0n) is 23.2. The molecule has 0 saturated carbocycles. The summed E-state index contributed by atoms with van der Waals surface area (Å²) in [5.74, 6) is 0.112. The van der Waals surface area contributed by atoms with Crippen LogP contribution in [-0.4, -0.2) is 51.6 Å². The van der Waals surface area contributed by atoms with Crippen LogP contribution in [0, 0.1) is 6.92 Å². The van der Waals surface area contributed by atoms with Crippen LogP contribution in [0.3, 0.4) is 0 Å². The molecule has 0 unspecified atom stereocenters. The maximum absolute atomic E-state index is 13.7. The summed E-state index contributed by atoms with van der Waals surface area (Å²) in [4.78, 5) is 41.9. The lowest BCUT2D eigenvalue weighted by Gasteiger charge is -2.22. The number of nitrogens with zero attached hydrogens (tertiary/aromatic N) is 2. The average Bonchev–Trinajstić information content (AvgIpc) is 3.31. The number of hydrogen-bond donors (Lipinski definition) is 1. The minimum atomic E-state index is -0.608. The number of fused-ring (bicyclic) bond motifs is 4. The summed E-state index contributed by atoms with van der Waals surface area (Å²) < 4.78 is 16.5. The summed E-state index contributed by atoms with van der Waals surface area (Å²) >= 11 is 0. The van der Waals surface area contributed by atoms with E-state index in [0.717, 1.165) is 28.1 Å². The highest BCUT2D eigenvalue weighted by Crippen LogP contribution is 2.41. The van der Waals surface area contributed by atoms with E-state index in [1.54, 1.807) is 17.0 Å². The summed E-state index contributed by atoms with van der Waals surface area (Å²) in [7, 11) is 4.90. The zero-order chi connectivity index (χ0) is 28.4. The van der Waals surface area contributed by atoms with Gasteiger partial charge in [0, 0.05) is 43.9 Å². The van der Waals surface area contributed by atoms with Crippen molar-refractivity contribution in [1.29, 1.82) is 0 Å². The summed E-state index contributed by atoms with van der Waals surface area (Å²) in [6.07, 6.45) is 1.52. The lowest BCUT2D eigenvalue weighted by Crippen LogP contribution is -2.42. The van der Waals surface area contributed by atoms with Crippen LogP contribution in [0.15, 0.2) is 54.6 Å². The Morgan fingerprint density at radius 2 is 1.88 bits per heavy atom. The lowest BCUT2D eigenvalue weighted by atomic mass is 10.1. The Balaban J connectivity index is 1.36. The van der Waals surface area contributed by atoms with Crippen LogP contribution >= 0.6 is 0 Å². The van der Waals surface area contributed by atoms with Crippen molar-refractivity contribution in [1.82, 2.24) is 0 Å². The monoisotopic (exact) mass is 543 g/mol. The second-order valence-corrected chi connectivity index (χ2v) is 10.1. The number of para-hydroxylation sites is 1. The molecule has 0 spiro atoms. The maximum Gasteiger partial charge on any atom is 0.305 e. The number of benzene rings is 3. The molecule has 0 radical (unpaired) electrons. The van der Waals surface area contributed by atoms with Crippen molar-refractivity contribution in [3.63, 3.8) is 0 Å². The van der Waals surface area contributed by atoms with E-state index in [1.807, 2.05) is 50.4 Å². The Morgan fingerprint density at radius 3 is 2.65 bits per heavy atom. The van der Waals surface area contributed by atoms with E-state index < -0.39 is 6.04 Å².